The summed E-state index contributed by atoms with van der Waals surface area (Å²) in [6.07, 6.45) is 1.31. The van der Waals surface area contributed by atoms with Crippen molar-refractivity contribution in [2.24, 2.45) is 0 Å². The summed E-state index contributed by atoms with van der Waals surface area (Å²) in [6, 6.07) is 6.50. The van der Waals surface area contributed by atoms with Gasteiger partial charge >= 0.3 is 0 Å². The summed E-state index contributed by atoms with van der Waals surface area (Å²) in [7, 11) is 0. The SMILES string of the molecule is CC(=O)Nc1ccc(NC(=O)C2CSC3(C)CCC(=O)N23)cc1. The third-order valence-electron chi connectivity index (χ3n) is 4.22. The van der Waals surface area contributed by atoms with E-state index in [0.717, 1.165) is 6.42 Å². The lowest BCUT2D eigenvalue weighted by atomic mass is 10.2. The van der Waals surface area contributed by atoms with Crippen LogP contribution in [-0.4, -0.2) is 39.3 Å². The predicted octanol–water partition coefficient (Wildman–Crippen LogP) is 2.04. The number of anilines is 2. The van der Waals surface area contributed by atoms with Crippen molar-refractivity contribution in [2.75, 3.05) is 16.4 Å². The molecule has 0 aromatic heterocycles. The van der Waals surface area contributed by atoms with Crippen LogP contribution in [0.4, 0.5) is 11.4 Å². The third kappa shape index (κ3) is 3.06. The van der Waals surface area contributed by atoms with Crippen LogP contribution in [0.15, 0.2) is 24.3 Å². The summed E-state index contributed by atoms with van der Waals surface area (Å²) in [5, 5.41) is 5.53. The maximum Gasteiger partial charge on any atom is 0.248 e. The number of nitrogens with zero attached hydrogens (tertiary/aromatic N) is 1. The Kier molecular flexibility index (Phi) is 4.06. The van der Waals surface area contributed by atoms with E-state index in [0.29, 0.717) is 23.5 Å². The molecule has 2 heterocycles. The fraction of sp³-hybridized carbons (Fsp3) is 0.438. The van der Waals surface area contributed by atoms with Gasteiger partial charge in [0, 0.05) is 30.5 Å². The van der Waals surface area contributed by atoms with Gasteiger partial charge in [-0.15, -0.1) is 11.8 Å². The Morgan fingerprint density at radius 3 is 2.43 bits per heavy atom. The van der Waals surface area contributed by atoms with Crippen molar-refractivity contribution in [3.05, 3.63) is 24.3 Å². The Balaban J connectivity index is 1.67. The van der Waals surface area contributed by atoms with Crippen LogP contribution in [0.5, 0.6) is 0 Å². The van der Waals surface area contributed by atoms with E-state index >= 15 is 0 Å². The molecule has 1 aromatic rings. The first-order chi connectivity index (χ1) is 10.9. The first kappa shape index (κ1) is 15.9. The van der Waals surface area contributed by atoms with E-state index in [-0.39, 0.29) is 22.6 Å². The van der Waals surface area contributed by atoms with Gasteiger partial charge in [0.05, 0.1) is 4.87 Å². The number of hydrogen-bond acceptors (Lipinski definition) is 4. The molecule has 0 aliphatic carbocycles. The first-order valence-corrected chi connectivity index (χ1v) is 8.52. The maximum absolute atomic E-state index is 12.5. The van der Waals surface area contributed by atoms with Crippen molar-refractivity contribution >= 4 is 40.9 Å². The molecule has 3 rings (SSSR count). The van der Waals surface area contributed by atoms with Crippen molar-refractivity contribution in [2.45, 2.75) is 37.6 Å². The predicted molar refractivity (Wildman–Crippen MR) is 90.1 cm³/mol. The maximum atomic E-state index is 12.5. The van der Waals surface area contributed by atoms with E-state index in [1.165, 1.54) is 6.92 Å². The molecule has 2 atom stereocenters. The zero-order chi connectivity index (χ0) is 16.6. The fourth-order valence-corrected chi connectivity index (χ4v) is 4.51. The molecule has 3 amide bonds. The van der Waals surface area contributed by atoms with E-state index in [1.807, 2.05) is 6.92 Å². The molecule has 2 aliphatic heterocycles. The minimum absolute atomic E-state index is 0.0543. The number of carbonyl (C=O) groups excluding carboxylic acids is 3. The molecule has 2 unspecified atom stereocenters. The number of rotatable bonds is 3. The zero-order valence-electron chi connectivity index (χ0n) is 13.1. The van der Waals surface area contributed by atoms with Crippen LogP contribution < -0.4 is 10.6 Å². The molecule has 23 heavy (non-hydrogen) atoms. The Hall–Kier alpha value is -2.02. The van der Waals surface area contributed by atoms with Gasteiger partial charge in [-0.2, -0.15) is 0 Å². The highest BCUT2D eigenvalue weighted by Crippen LogP contribution is 2.47. The van der Waals surface area contributed by atoms with Crippen LogP contribution in [0.25, 0.3) is 0 Å². The highest BCUT2D eigenvalue weighted by molar-refractivity contribution is 8.01. The smallest absolute Gasteiger partial charge is 0.248 e. The van der Waals surface area contributed by atoms with Crippen molar-refractivity contribution < 1.29 is 14.4 Å². The number of hydrogen-bond donors (Lipinski definition) is 2. The summed E-state index contributed by atoms with van der Waals surface area (Å²) in [6.45, 7) is 3.47. The minimum Gasteiger partial charge on any atom is -0.326 e. The topological polar surface area (TPSA) is 78.5 Å². The van der Waals surface area contributed by atoms with Gasteiger partial charge in [0.15, 0.2) is 0 Å². The van der Waals surface area contributed by atoms with Gasteiger partial charge in [-0.1, -0.05) is 0 Å². The van der Waals surface area contributed by atoms with Crippen molar-refractivity contribution in [3.8, 4) is 0 Å². The molecule has 6 nitrogen and oxygen atoms in total. The molecule has 7 heteroatoms. The van der Waals surface area contributed by atoms with Gasteiger partial charge in [0.1, 0.15) is 6.04 Å². The number of amides is 3. The average Bonchev–Trinajstić information content (AvgIpc) is 2.98. The second-order valence-electron chi connectivity index (χ2n) is 6.01. The molecular formula is C16H19N3O3S. The lowest BCUT2D eigenvalue weighted by Crippen LogP contribution is -2.48. The number of benzene rings is 1. The number of fused-ring (bicyclic) bond motifs is 1. The van der Waals surface area contributed by atoms with Gasteiger partial charge in [-0.25, -0.2) is 0 Å². The molecule has 0 saturated carbocycles. The lowest BCUT2D eigenvalue weighted by Gasteiger charge is -2.29. The van der Waals surface area contributed by atoms with Gasteiger partial charge in [0.25, 0.3) is 0 Å². The molecule has 0 bridgehead atoms. The average molecular weight is 333 g/mol. The van der Waals surface area contributed by atoms with Crippen molar-refractivity contribution in [1.29, 1.82) is 0 Å². The first-order valence-electron chi connectivity index (χ1n) is 7.54. The number of carbonyl (C=O) groups is 3. The standard InChI is InChI=1S/C16H19N3O3S/c1-10(20)17-11-3-5-12(6-4-11)18-15(22)13-9-23-16(2)8-7-14(21)19(13)16/h3-6,13H,7-9H2,1-2H3,(H,17,20)(H,18,22). The molecule has 0 radical (unpaired) electrons. The molecule has 2 saturated heterocycles. The Labute approximate surface area is 139 Å². The van der Waals surface area contributed by atoms with Crippen LogP contribution in [-0.2, 0) is 14.4 Å². The Morgan fingerprint density at radius 1 is 1.22 bits per heavy atom. The summed E-state index contributed by atoms with van der Waals surface area (Å²) in [5.41, 5.74) is 1.32. The highest BCUT2D eigenvalue weighted by Gasteiger charge is 2.52. The van der Waals surface area contributed by atoms with E-state index in [1.54, 1.807) is 40.9 Å². The minimum atomic E-state index is -0.421. The van der Waals surface area contributed by atoms with Crippen molar-refractivity contribution in [3.63, 3.8) is 0 Å². The van der Waals surface area contributed by atoms with Crippen LogP contribution in [0.1, 0.15) is 26.7 Å². The Morgan fingerprint density at radius 2 is 1.83 bits per heavy atom. The number of thioether (sulfide) groups is 1. The fourth-order valence-electron chi connectivity index (χ4n) is 3.08. The highest BCUT2D eigenvalue weighted by atomic mass is 32.2. The van der Waals surface area contributed by atoms with E-state index in [4.69, 9.17) is 0 Å². The normalized spacial score (nSPS) is 26.1. The molecule has 2 aliphatic rings. The van der Waals surface area contributed by atoms with Crippen molar-refractivity contribution in [1.82, 2.24) is 4.90 Å². The van der Waals surface area contributed by atoms with Crippen LogP contribution in [0.3, 0.4) is 0 Å². The Bertz CT molecular complexity index is 661. The zero-order valence-corrected chi connectivity index (χ0v) is 13.9. The van der Waals surface area contributed by atoms with Crippen LogP contribution in [0, 0.1) is 0 Å². The third-order valence-corrected chi connectivity index (χ3v) is 5.73. The summed E-state index contributed by atoms with van der Waals surface area (Å²) in [4.78, 5) is 37.1. The molecule has 1 aromatic carbocycles. The van der Waals surface area contributed by atoms with Gasteiger partial charge in [-0.05, 0) is 37.6 Å². The lowest BCUT2D eigenvalue weighted by molar-refractivity contribution is -0.135. The van der Waals surface area contributed by atoms with E-state index < -0.39 is 6.04 Å². The summed E-state index contributed by atoms with van der Waals surface area (Å²) < 4.78 is 0. The summed E-state index contributed by atoms with van der Waals surface area (Å²) in [5.74, 6) is 0.372. The molecule has 2 fully saturated rings. The van der Waals surface area contributed by atoms with E-state index in [9.17, 15) is 14.4 Å². The monoisotopic (exact) mass is 333 g/mol. The molecule has 122 valence electrons. The van der Waals surface area contributed by atoms with E-state index in [2.05, 4.69) is 10.6 Å². The second-order valence-corrected chi connectivity index (χ2v) is 7.51. The largest absolute Gasteiger partial charge is 0.326 e. The van der Waals surface area contributed by atoms with Gasteiger partial charge in [-0.3, -0.25) is 14.4 Å². The van der Waals surface area contributed by atoms with Gasteiger partial charge < -0.3 is 15.5 Å². The molecule has 0 spiro atoms. The quantitative estimate of drug-likeness (QED) is 0.887. The second kappa shape index (κ2) is 5.88. The summed E-state index contributed by atoms with van der Waals surface area (Å²) >= 11 is 1.67. The number of nitrogens with one attached hydrogen (secondary N) is 2. The van der Waals surface area contributed by atoms with Gasteiger partial charge in [0.2, 0.25) is 17.7 Å². The van der Waals surface area contributed by atoms with Crippen LogP contribution >= 0.6 is 11.8 Å². The molecular weight excluding hydrogens is 314 g/mol. The van der Waals surface area contributed by atoms with Crippen LogP contribution in [0.2, 0.25) is 0 Å². The molecule has 2 N–H and O–H groups in total.